The summed E-state index contributed by atoms with van der Waals surface area (Å²) in [5, 5.41) is 3.08. The number of H-pyrrole nitrogens is 1. The van der Waals surface area contributed by atoms with Crippen LogP contribution in [-0.2, 0) is 6.54 Å². The molecule has 4 N–H and O–H groups in total. The van der Waals surface area contributed by atoms with Crippen LogP contribution in [0.1, 0.15) is 25.2 Å². The molecule has 0 radical (unpaired) electrons. The van der Waals surface area contributed by atoms with Crippen LogP contribution in [0, 0.1) is 12.8 Å². The van der Waals surface area contributed by atoms with Gasteiger partial charge in [0.15, 0.2) is 5.96 Å². The molecule has 0 aliphatic heterocycles. The van der Waals surface area contributed by atoms with Crippen molar-refractivity contribution in [2.24, 2.45) is 16.6 Å². The topological polar surface area (TPSA) is 79.1 Å². The number of benzene rings is 1. The zero-order chi connectivity index (χ0) is 13.8. The molecule has 1 heterocycles. The van der Waals surface area contributed by atoms with Gasteiger partial charge in [0, 0.05) is 6.54 Å². The zero-order valence-electron chi connectivity index (χ0n) is 11.7. The fraction of sp³-hybridized carbons (Fsp3) is 0.429. The van der Waals surface area contributed by atoms with Crippen LogP contribution in [-0.4, -0.2) is 22.5 Å². The third-order valence-corrected chi connectivity index (χ3v) is 2.85. The van der Waals surface area contributed by atoms with Crippen LogP contribution in [0.5, 0.6) is 0 Å². The lowest BCUT2D eigenvalue weighted by Gasteiger charge is -2.07. The number of nitrogens with two attached hydrogens (primary N) is 1. The highest BCUT2D eigenvalue weighted by atomic mass is 15.1. The highest BCUT2D eigenvalue weighted by Crippen LogP contribution is 2.15. The van der Waals surface area contributed by atoms with Crippen molar-refractivity contribution < 1.29 is 0 Å². The van der Waals surface area contributed by atoms with E-state index in [2.05, 4.69) is 47.1 Å². The third kappa shape index (κ3) is 3.47. The minimum absolute atomic E-state index is 0.463. The van der Waals surface area contributed by atoms with Gasteiger partial charge in [-0.25, -0.2) is 9.98 Å². The molecule has 1 aromatic heterocycles. The minimum Gasteiger partial charge on any atom is -0.370 e. The summed E-state index contributed by atoms with van der Waals surface area (Å²) in [5.41, 5.74) is 9.00. The summed E-state index contributed by atoms with van der Waals surface area (Å²) in [6.45, 7) is 7.60. The van der Waals surface area contributed by atoms with E-state index >= 15 is 0 Å². The van der Waals surface area contributed by atoms with Crippen LogP contribution in [0.2, 0.25) is 0 Å². The highest BCUT2D eigenvalue weighted by molar-refractivity contribution is 5.79. The van der Waals surface area contributed by atoms with Gasteiger partial charge in [-0.05, 0) is 24.5 Å². The van der Waals surface area contributed by atoms with E-state index in [1.54, 1.807) is 0 Å². The van der Waals surface area contributed by atoms with E-state index in [4.69, 9.17) is 5.73 Å². The fourth-order valence-electron chi connectivity index (χ4n) is 1.83. The van der Waals surface area contributed by atoms with Crippen LogP contribution >= 0.6 is 0 Å². The normalized spacial score (nSPS) is 12.3. The zero-order valence-corrected chi connectivity index (χ0v) is 11.7. The van der Waals surface area contributed by atoms with Gasteiger partial charge >= 0.3 is 0 Å². The van der Waals surface area contributed by atoms with Crippen molar-refractivity contribution in [3.63, 3.8) is 0 Å². The van der Waals surface area contributed by atoms with Crippen molar-refractivity contribution in [1.29, 1.82) is 0 Å². The Morgan fingerprint density at radius 2 is 2.26 bits per heavy atom. The fourth-order valence-corrected chi connectivity index (χ4v) is 1.83. The number of guanidine groups is 1. The quantitative estimate of drug-likeness (QED) is 0.580. The molecule has 102 valence electrons. The molecule has 2 aromatic rings. The number of rotatable bonds is 4. The Bertz CT molecular complexity index is 583. The van der Waals surface area contributed by atoms with Crippen molar-refractivity contribution in [2.75, 3.05) is 6.54 Å². The molecule has 0 amide bonds. The summed E-state index contributed by atoms with van der Waals surface area (Å²) in [6.07, 6.45) is 0. The number of aromatic nitrogens is 2. The van der Waals surface area contributed by atoms with Crippen LogP contribution in [0.15, 0.2) is 23.2 Å². The number of fused-ring (bicyclic) bond motifs is 1. The first-order valence-corrected chi connectivity index (χ1v) is 6.54. The van der Waals surface area contributed by atoms with Crippen molar-refractivity contribution in [3.05, 3.63) is 29.6 Å². The number of aromatic amines is 1. The first-order valence-electron chi connectivity index (χ1n) is 6.54. The Labute approximate surface area is 113 Å². The predicted octanol–water partition coefficient (Wildman–Crippen LogP) is 1.93. The smallest absolute Gasteiger partial charge is 0.189 e. The number of para-hydroxylation sites is 1. The van der Waals surface area contributed by atoms with Gasteiger partial charge in [-0.15, -0.1) is 0 Å². The van der Waals surface area contributed by atoms with Crippen molar-refractivity contribution >= 4 is 17.0 Å². The van der Waals surface area contributed by atoms with Gasteiger partial charge in [0.05, 0.1) is 11.0 Å². The number of hydrogen-bond acceptors (Lipinski definition) is 2. The van der Waals surface area contributed by atoms with Crippen molar-refractivity contribution in [2.45, 2.75) is 27.3 Å². The van der Waals surface area contributed by atoms with E-state index < -0.39 is 0 Å². The third-order valence-electron chi connectivity index (χ3n) is 2.85. The first-order chi connectivity index (χ1) is 9.06. The molecule has 0 aliphatic rings. The molecule has 5 nitrogen and oxygen atoms in total. The molecule has 0 saturated carbocycles. The van der Waals surface area contributed by atoms with E-state index in [9.17, 15) is 0 Å². The Kier molecular flexibility index (Phi) is 4.04. The summed E-state index contributed by atoms with van der Waals surface area (Å²) in [6, 6.07) is 6.08. The van der Waals surface area contributed by atoms with E-state index in [1.165, 1.54) is 0 Å². The monoisotopic (exact) mass is 259 g/mol. The molecule has 0 atom stereocenters. The molecule has 5 heteroatoms. The Balaban J connectivity index is 2.05. The van der Waals surface area contributed by atoms with Gasteiger partial charge in [-0.2, -0.15) is 0 Å². The van der Waals surface area contributed by atoms with Gasteiger partial charge in [-0.3, -0.25) is 0 Å². The van der Waals surface area contributed by atoms with Crippen LogP contribution in [0.4, 0.5) is 0 Å². The first kappa shape index (κ1) is 13.4. The second-order valence-electron chi connectivity index (χ2n) is 5.13. The lowest BCUT2D eigenvalue weighted by Crippen LogP contribution is -2.34. The number of nitrogens with one attached hydrogen (secondary N) is 2. The van der Waals surface area contributed by atoms with Crippen LogP contribution in [0.3, 0.4) is 0 Å². The number of nitrogens with zero attached hydrogens (tertiary/aromatic N) is 2. The van der Waals surface area contributed by atoms with Gasteiger partial charge in [0.1, 0.15) is 12.4 Å². The SMILES string of the molecule is Cc1cccc2[nH]c(CN=C(N)NCC(C)C)nc12. The lowest BCUT2D eigenvalue weighted by atomic mass is 10.2. The maximum atomic E-state index is 5.79. The maximum absolute atomic E-state index is 5.79. The maximum Gasteiger partial charge on any atom is 0.189 e. The lowest BCUT2D eigenvalue weighted by molar-refractivity contribution is 0.621. The van der Waals surface area contributed by atoms with E-state index in [-0.39, 0.29) is 0 Å². The van der Waals surface area contributed by atoms with Gasteiger partial charge in [-0.1, -0.05) is 26.0 Å². The summed E-state index contributed by atoms with van der Waals surface area (Å²) in [4.78, 5) is 12.1. The standard InChI is InChI=1S/C14H21N5/c1-9(2)7-16-14(15)17-8-12-18-11-6-4-5-10(3)13(11)19-12/h4-6,9H,7-8H2,1-3H3,(H,18,19)(H3,15,16,17). The Hall–Kier alpha value is -2.04. The summed E-state index contributed by atoms with van der Waals surface area (Å²) in [5.74, 6) is 1.84. The summed E-state index contributed by atoms with van der Waals surface area (Å²) < 4.78 is 0. The summed E-state index contributed by atoms with van der Waals surface area (Å²) >= 11 is 0. The highest BCUT2D eigenvalue weighted by Gasteiger charge is 2.04. The number of aryl methyl sites for hydroxylation is 1. The molecule has 0 spiro atoms. The number of aliphatic imine (C=N–C) groups is 1. The Morgan fingerprint density at radius 3 is 2.95 bits per heavy atom. The molecule has 1 aromatic carbocycles. The van der Waals surface area contributed by atoms with Gasteiger partial charge < -0.3 is 16.0 Å². The largest absolute Gasteiger partial charge is 0.370 e. The van der Waals surface area contributed by atoms with Gasteiger partial charge in [0.2, 0.25) is 0 Å². The van der Waals surface area contributed by atoms with Crippen LogP contribution in [0.25, 0.3) is 11.0 Å². The molecule has 19 heavy (non-hydrogen) atoms. The molecule has 0 fully saturated rings. The van der Waals surface area contributed by atoms with Crippen molar-refractivity contribution in [1.82, 2.24) is 15.3 Å². The molecule has 0 unspecified atom stereocenters. The number of hydrogen-bond donors (Lipinski definition) is 3. The predicted molar refractivity (Wildman–Crippen MR) is 79.0 cm³/mol. The molecule has 0 bridgehead atoms. The second kappa shape index (κ2) is 5.73. The molecule has 2 rings (SSSR count). The van der Waals surface area contributed by atoms with Crippen molar-refractivity contribution in [3.8, 4) is 0 Å². The van der Waals surface area contributed by atoms with E-state index in [1.807, 2.05) is 12.1 Å². The second-order valence-corrected chi connectivity index (χ2v) is 5.13. The molecule has 0 aliphatic carbocycles. The van der Waals surface area contributed by atoms with E-state index in [0.29, 0.717) is 18.4 Å². The van der Waals surface area contributed by atoms with Crippen LogP contribution < -0.4 is 11.1 Å². The molecular weight excluding hydrogens is 238 g/mol. The van der Waals surface area contributed by atoms with E-state index in [0.717, 1.165) is 29.0 Å². The summed E-state index contributed by atoms with van der Waals surface area (Å²) in [7, 11) is 0. The minimum atomic E-state index is 0.463. The average Bonchev–Trinajstić information content (AvgIpc) is 2.78. The molecule has 0 saturated heterocycles. The number of imidazole rings is 1. The van der Waals surface area contributed by atoms with Gasteiger partial charge in [0.25, 0.3) is 0 Å². The molecular formula is C14H21N5. The Morgan fingerprint density at radius 1 is 1.47 bits per heavy atom. The average molecular weight is 259 g/mol.